The summed E-state index contributed by atoms with van der Waals surface area (Å²) < 4.78 is 25.1. The van der Waals surface area contributed by atoms with E-state index in [1.807, 2.05) is 12.1 Å². The van der Waals surface area contributed by atoms with Crippen molar-refractivity contribution >= 4 is 37.7 Å². The highest BCUT2D eigenvalue weighted by Crippen LogP contribution is 2.26. The summed E-state index contributed by atoms with van der Waals surface area (Å²) in [7, 11) is -1.05. The first-order valence-corrected chi connectivity index (χ1v) is 11.2. The average Bonchev–Trinajstić information content (AvgIpc) is 3.27. The van der Waals surface area contributed by atoms with Crippen LogP contribution in [0.2, 0.25) is 0 Å². The van der Waals surface area contributed by atoms with Crippen molar-refractivity contribution in [3.8, 4) is 0 Å². The molecule has 0 amide bonds. The second-order valence-corrected chi connectivity index (χ2v) is 9.67. The summed E-state index contributed by atoms with van der Waals surface area (Å²) in [5.41, 5.74) is 3.53. The molecular formula is C22H27BrN2O2S. The quantitative estimate of drug-likeness (QED) is 0.590. The van der Waals surface area contributed by atoms with Crippen molar-refractivity contribution < 1.29 is 8.42 Å². The first kappa shape index (κ1) is 21.1. The fourth-order valence-corrected chi connectivity index (χ4v) is 5.35. The zero-order valence-electron chi connectivity index (χ0n) is 16.1. The van der Waals surface area contributed by atoms with Gasteiger partial charge in [0.15, 0.2) is 9.84 Å². The van der Waals surface area contributed by atoms with E-state index in [1.165, 1.54) is 30.3 Å². The summed E-state index contributed by atoms with van der Waals surface area (Å²) in [5.74, 6) is 0.133. The maximum atomic E-state index is 12.5. The Morgan fingerprint density at radius 1 is 1.14 bits per heavy atom. The van der Waals surface area contributed by atoms with Crippen LogP contribution in [-0.4, -0.2) is 43.7 Å². The molecule has 0 radical (unpaired) electrons. The minimum Gasteiger partial charge on any atom is -0.361 e. The van der Waals surface area contributed by atoms with Gasteiger partial charge in [0, 0.05) is 23.1 Å². The Kier molecular flexibility index (Phi) is 6.63. The standard InChI is InChI=1S/C22H26N2O2S.BrH/c1-24-12-5-6-19(24)15-18-16-23-22-10-9-17(14-21(18)22)11-13-27(25,26)20-7-3-2-4-8-20;/h2-4,7-10,14,16,19,23H,5-6,11-13,15H2,1H3;1H/t19-;/m0./s1. The number of aromatic amines is 1. The highest BCUT2D eigenvalue weighted by molar-refractivity contribution is 8.93. The van der Waals surface area contributed by atoms with Crippen molar-refractivity contribution in [1.29, 1.82) is 0 Å². The smallest absolute Gasteiger partial charge is 0.178 e. The molecule has 1 aromatic heterocycles. The van der Waals surface area contributed by atoms with Crippen molar-refractivity contribution in [2.24, 2.45) is 0 Å². The molecule has 0 unspecified atom stereocenters. The monoisotopic (exact) mass is 462 g/mol. The Hall–Kier alpha value is -1.63. The van der Waals surface area contributed by atoms with E-state index in [9.17, 15) is 8.42 Å². The van der Waals surface area contributed by atoms with E-state index in [4.69, 9.17) is 0 Å². The lowest BCUT2D eigenvalue weighted by molar-refractivity contribution is 0.310. The van der Waals surface area contributed by atoms with Gasteiger partial charge in [0.1, 0.15) is 0 Å². The van der Waals surface area contributed by atoms with E-state index in [1.54, 1.807) is 24.3 Å². The molecule has 1 saturated heterocycles. The molecule has 1 fully saturated rings. The highest BCUT2D eigenvalue weighted by Gasteiger charge is 2.22. The van der Waals surface area contributed by atoms with E-state index < -0.39 is 9.84 Å². The molecule has 0 spiro atoms. The molecule has 0 saturated carbocycles. The maximum Gasteiger partial charge on any atom is 0.178 e. The molecule has 1 aliphatic heterocycles. The van der Waals surface area contributed by atoms with Crippen LogP contribution in [0.1, 0.15) is 24.0 Å². The summed E-state index contributed by atoms with van der Waals surface area (Å²) in [6.07, 6.45) is 6.20. The molecule has 0 aliphatic carbocycles. The second-order valence-electron chi connectivity index (χ2n) is 7.56. The largest absolute Gasteiger partial charge is 0.361 e. The van der Waals surface area contributed by atoms with Gasteiger partial charge in [-0.3, -0.25) is 0 Å². The fraction of sp³-hybridized carbons (Fsp3) is 0.364. The number of halogens is 1. The SMILES string of the molecule is Br.CN1CCC[C@H]1Cc1c[nH]c2ccc(CCS(=O)(=O)c3ccccc3)cc12. The van der Waals surface area contributed by atoms with Gasteiger partial charge in [-0.2, -0.15) is 0 Å². The summed E-state index contributed by atoms with van der Waals surface area (Å²) in [6.45, 7) is 1.18. The van der Waals surface area contributed by atoms with Crippen LogP contribution in [0.5, 0.6) is 0 Å². The summed E-state index contributed by atoms with van der Waals surface area (Å²) >= 11 is 0. The van der Waals surface area contributed by atoms with Crippen LogP contribution >= 0.6 is 17.0 Å². The number of nitrogens with zero attached hydrogens (tertiary/aromatic N) is 1. The fourth-order valence-electron chi connectivity index (χ4n) is 4.04. The predicted octanol–water partition coefficient (Wildman–Crippen LogP) is 4.40. The van der Waals surface area contributed by atoms with Gasteiger partial charge in [-0.15, -0.1) is 17.0 Å². The van der Waals surface area contributed by atoms with Crippen LogP contribution in [-0.2, 0) is 22.7 Å². The van der Waals surface area contributed by atoms with Crippen LogP contribution < -0.4 is 0 Å². The van der Waals surface area contributed by atoms with Crippen molar-refractivity contribution in [1.82, 2.24) is 9.88 Å². The third-order valence-electron chi connectivity index (χ3n) is 5.72. The Morgan fingerprint density at radius 3 is 2.64 bits per heavy atom. The van der Waals surface area contributed by atoms with Crippen LogP contribution in [0, 0.1) is 0 Å². The zero-order chi connectivity index (χ0) is 18.9. The molecular weight excluding hydrogens is 436 g/mol. The average molecular weight is 463 g/mol. The number of H-pyrrole nitrogens is 1. The number of hydrogen-bond donors (Lipinski definition) is 1. The number of hydrogen-bond acceptors (Lipinski definition) is 3. The van der Waals surface area contributed by atoms with Gasteiger partial charge in [0.2, 0.25) is 0 Å². The van der Waals surface area contributed by atoms with Crippen LogP contribution in [0.4, 0.5) is 0 Å². The molecule has 6 heteroatoms. The summed E-state index contributed by atoms with van der Waals surface area (Å²) in [5, 5.41) is 1.23. The second kappa shape index (κ2) is 8.80. The van der Waals surface area contributed by atoms with Gasteiger partial charge >= 0.3 is 0 Å². The molecule has 2 heterocycles. The molecule has 1 atom stereocenters. The van der Waals surface area contributed by atoms with E-state index in [-0.39, 0.29) is 22.7 Å². The van der Waals surface area contributed by atoms with E-state index in [2.05, 4.69) is 35.3 Å². The van der Waals surface area contributed by atoms with E-state index in [0.29, 0.717) is 17.4 Å². The minimum absolute atomic E-state index is 0. The Balaban J connectivity index is 0.00000225. The van der Waals surface area contributed by atoms with E-state index >= 15 is 0 Å². The van der Waals surface area contributed by atoms with Gasteiger partial charge in [0.25, 0.3) is 0 Å². The van der Waals surface area contributed by atoms with Crippen molar-refractivity contribution in [3.63, 3.8) is 0 Å². The Labute approximate surface area is 177 Å². The number of sulfone groups is 1. The first-order chi connectivity index (χ1) is 13.0. The van der Waals surface area contributed by atoms with Gasteiger partial charge in [0.05, 0.1) is 10.6 Å². The Bertz CT molecular complexity index is 1030. The van der Waals surface area contributed by atoms with Gasteiger partial charge in [-0.05, 0) is 74.7 Å². The van der Waals surface area contributed by atoms with Crippen LogP contribution in [0.25, 0.3) is 10.9 Å². The molecule has 3 aromatic rings. The highest BCUT2D eigenvalue weighted by atomic mass is 79.9. The molecule has 4 rings (SSSR count). The summed E-state index contributed by atoms with van der Waals surface area (Å²) in [4.78, 5) is 6.21. The first-order valence-electron chi connectivity index (χ1n) is 9.60. The van der Waals surface area contributed by atoms with Crippen molar-refractivity contribution in [2.45, 2.75) is 36.6 Å². The van der Waals surface area contributed by atoms with Crippen LogP contribution in [0.3, 0.4) is 0 Å². The third kappa shape index (κ3) is 4.50. The normalized spacial score (nSPS) is 17.7. The molecule has 150 valence electrons. The predicted molar refractivity (Wildman–Crippen MR) is 120 cm³/mol. The Morgan fingerprint density at radius 2 is 1.93 bits per heavy atom. The number of likely N-dealkylation sites (tertiary alicyclic amines) is 1. The van der Waals surface area contributed by atoms with Crippen molar-refractivity contribution in [2.75, 3.05) is 19.3 Å². The number of aromatic nitrogens is 1. The lowest BCUT2D eigenvalue weighted by Crippen LogP contribution is -2.26. The molecule has 0 bridgehead atoms. The lowest BCUT2D eigenvalue weighted by Gasteiger charge is -2.18. The van der Waals surface area contributed by atoms with Crippen molar-refractivity contribution in [3.05, 3.63) is 65.9 Å². The number of benzene rings is 2. The molecule has 28 heavy (non-hydrogen) atoms. The minimum atomic E-state index is -3.25. The number of nitrogens with one attached hydrogen (secondary N) is 1. The number of rotatable bonds is 6. The maximum absolute atomic E-state index is 12.5. The molecule has 2 aromatic carbocycles. The van der Waals surface area contributed by atoms with Gasteiger partial charge in [-0.25, -0.2) is 8.42 Å². The topological polar surface area (TPSA) is 53.2 Å². The number of likely N-dealkylation sites (N-methyl/N-ethyl adjacent to an activating group) is 1. The van der Waals surface area contributed by atoms with Crippen LogP contribution in [0.15, 0.2) is 59.6 Å². The molecule has 4 nitrogen and oxygen atoms in total. The zero-order valence-corrected chi connectivity index (χ0v) is 18.6. The van der Waals surface area contributed by atoms with Gasteiger partial charge < -0.3 is 9.88 Å². The molecule has 1 N–H and O–H groups in total. The van der Waals surface area contributed by atoms with E-state index in [0.717, 1.165) is 17.5 Å². The number of aryl methyl sites for hydroxylation is 1. The third-order valence-corrected chi connectivity index (χ3v) is 7.45. The number of fused-ring (bicyclic) bond motifs is 1. The summed E-state index contributed by atoms with van der Waals surface area (Å²) in [6, 6.07) is 15.6. The molecule has 1 aliphatic rings. The van der Waals surface area contributed by atoms with Gasteiger partial charge in [-0.1, -0.05) is 24.3 Å². The lowest BCUT2D eigenvalue weighted by atomic mass is 10.0.